The van der Waals surface area contributed by atoms with Crippen LogP contribution in [0.3, 0.4) is 0 Å². The second kappa shape index (κ2) is 10.6. The fraction of sp³-hybridized carbons (Fsp3) is 0.462. The van der Waals surface area contributed by atoms with Crippen LogP contribution in [0.25, 0.3) is 0 Å². The minimum atomic E-state index is -0.289. The second-order valence-electron chi connectivity index (χ2n) is 9.63. The summed E-state index contributed by atoms with van der Waals surface area (Å²) in [5.41, 5.74) is 0.904. The number of rotatable bonds is 7. The number of amides is 2. The molecule has 3 rings (SSSR count). The number of hydrogen-bond donors (Lipinski definition) is 1. The molecular formula is C26H33FN2O3. The van der Waals surface area contributed by atoms with Crippen LogP contribution in [-0.4, -0.2) is 36.4 Å². The van der Waals surface area contributed by atoms with Crippen LogP contribution in [0.5, 0.6) is 5.75 Å². The van der Waals surface area contributed by atoms with E-state index in [2.05, 4.69) is 26.1 Å². The Labute approximate surface area is 190 Å². The Kier molecular flexibility index (Phi) is 7.89. The van der Waals surface area contributed by atoms with Crippen LogP contribution in [0.4, 0.5) is 4.39 Å². The van der Waals surface area contributed by atoms with Gasteiger partial charge < -0.3 is 15.0 Å². The molecule has 1 unspecified atom stereocenters. The van der Waals surface area contributed by atoms with Crippen LogP contribution in [-0.2, 0) is 9.59 Å². The molecule has 0 bridgehead atoms. The molecule has 172 valence electrons. The van der Waals surface area contributed by atoms with Gasteiger partial charge in [0.15, 0.2) is 6.61 Å². The molecule has 5 nitrogen and oxygen atoms in total. The van der Waals surface area contributed by atoms with E-state index >= 15 is 0 Å². The molecule has 1 aliphatic rings. The van der Waals surface area contributed by atoms with E-state index in [1.165, 1.54) is 12.1 Å². The minimum absolute atomic E-state index is 0.000862. The Hall–Kier alpha value is -2.89. The third-order valence-corrected chi connectivity index (χ3v) is 5.73. The monoisotopic (exact) mass is 440 g/mol. The molecule has 1 fully saturated rings. The number of halogens is 1. The van der Waals surface area contributed by atoms with Crippen molar-refractivity contribution in [2.45, 2.75) is 46.1 Å². The van der Waals surface area contributed by atoms with Gasteiger partial charge in [0.2, 0.25) is 5.91 Å². The summed E-state index contributed by atoms with van der Waals surface area (Å²) in [4.78, 5) is 27.2. The Bertz CT molecular complexity index is 886. The number of nitrogens with zero attached hydrogens (tertiary/aromatic N) is 1. The van der Waals surface area contributed by atoms with E-state index in [1.54, 1.807) is 17.0 Å². The first-order valence-corrected chi connectivity index (χ1v) is 11.2. The first-order valence-electron chi connectivity index (χ1n) is 11.2. The van der Waals surface area contributed by atoms with Gasteiger partial charge in [-0.1, -0.05) is 51.1 Å². The van der Waals surface area contributed by atoms with E-state index in [-0.39, 0.29) is 41.6 Å². The Morgan fingerprint density at radius 1 is 1.06 bits per heavy atom. The number of hydrogen-bond acceptors (Lipinski definition) is 3. The molecule has 1 aliphatic heterocycles. The van der Waals surface area contributed by atoms with Gasteiger partial charge in [0, 0.05) is 19.0 Å². The van der Waals surface area contributed by atoms with E-state index in [1.807, 2.05) is 30.3 Å². The van der Waals surface area contributed by atoms with Crippen molar-refractivity contribution in [2.75, 3.05) is 19.7 Å². The number of piperidine rings is 1. The number of likely N-dealkylation sites (tertiary alicyclic amines) is 1. The van der Waals surface area contributed by atoms with Crippen molar-refractivity contribution in [1.82, 2.24) is 10.2 Å². The summed E-state index contributed by atoms with van der Waals surface area (Å²) in [5, 5.41) is 3.18. The van der Waals surface area contributed by atoms with Gasteiger partial charge in [-0.3, -0.25) is 9.59 Å². The predicted molar refractivity (Wildman–Crippen MR) is 123 cm³/mol. The molecule has 0 radical (unpaired) electrons. The lowest BCUT2D eigenvalue weighted by molar-refractivity contribution is -0.137. The van der Waals surface area contributed by atoms with E-state index < -0.39 is 0 Å². The maximum atomic E-state index is 13.4. The van der Waals surface area contributed by atoms with Crippen molar-refractivity contribution in [1.29, 1.82) is 0 Å². The molecule has 0 aliphatic carbocycles. The number of carbonyl (C=O) groups excluding carboxylic acids is 2. The molecule has 6 heteroatoms. The lowest BCUT2D eigenvalue weighted by Gasteiger charge is -2.33. The second-order valence-corrected chi connectivity index (χ2v) is 9.63. The van der Waals surface area contributed by atoms with Crippen molar-refractivity contribution in [3.05, 3.63) is 66.0 Å². The summed E-state index contributed by atoms with van der Waals surface area (Å²) < 4.78 is 18.9. The molecule has 2 aromatic carbocycles. The normalized spacial score (nSPS) is 15.8. The molecular weight excluding hydrogens is 407 g/mol. The van der Waals surface area contributed by atoms with Crippen molar-refractivity contribution < 1.29 is 18.7 Å². The van der Waals surface area contributed by atoms with Crippen LogP contribution in [0, 0.1) is 17.2 Å². The van der Waals surface area contributed by atoms with Gasteiger partial charge in [-0.15, -0.1) is 0 Å². The Morgan fingerprint density at radius 2 is 1.69 bits per heavy atom. The fourth-order valence-electron chi connectivity index (χ4n) is 3.99. The van der Waals surface area contributed by atoms with Crippen LogP contribution in [0.2, 0.25) is 0 Å². The van der Waals surface area contributed by atoms with Crippen LogP contribution < -0.4 is 10.1 Å². The number of para-hydroxylation sites is 1. The number of carbonyl (C=O) groups is 2. The Morgan fingerprint density at radius 3 is 2.28 bits per heavy atom. The highest BCUT2D eigenvalue weighted by Crippen LogP contribution is 2.30. The summed E-state index contributed by atoms with van der Waals surface area (Å²) in [5.74, 6) is 0.168. The highest BCUT2D eigenvalue weighted by atomic mass is 19.1. The van der Waals surface area contributed by atoms with Crippen molar-refractivity contribution >= 4 is 11.8 Å². The van der Waals surface area contributed by atoms with E-state index in [0.717, 1.165) is 12.0 Å². The largest absolute Gasteiger partial charge is 0.484 e. The molecule has 32 heavy (non-hydrogen) atoms. The van der Waals surface area contributed by atoms with Crippen molar-refractivity contribution in [3.8, 4) is 5.75 Å². The minimum Gasteiger partial charge on any atom is -0.484 e. The maximum Gasteiger partial charge on any atom is 0.260 e. The maximum absolute atomic E-state index is 13.4. The molecule has 2 amide bonds. The number of ether oxygens (including phenoxy) is 1. The third kappa shape index (κ3) is 7.08. The van der Waals surface area contributed by atoms with Gasteiger partial charge in [0.25, 0.3) is 5.91 Å². The molecule has 1 heterocycles. The summed E-state index contributed by atoms with van der Waals surface area (Å²) in [6, 6.07) is 15.4. The molecule has 1 N–H and O–H groups in total. The zero-order valence-corrected chi connectivity index (χ0v) is 19.1. The van der Waals surface area contributed by atoms with E-state index in [9.17, 15) is 14.0 Å². The Balaban J connectivity index is 1.52. The summed E-state index contributed by atoms with van der Waals surface area (Å²) in [6.45, 7) is 7.44. The van der Waals surface area contributed by atoms with E-state index in [4.69, 9.17) is 4.74 Å². The highest BCUT2D eigenvalue weighted by Gasteiger charge is 2.30. The fourth-order valence-corrected chi connectivity index (χ4v) is 3.99. The summed E-state index contributed by atoms with van der Waals surface area (Å²) in [6.07, 6.45) is 1.99. The first kappa shape index (κ1) is 23.8. The topological polar surface area (TPSA) is 58.6 Å². The van der Waals surface area contributed by atoms with Crippen molar-refractivity contribution in [2.24, 2.45) is 11.3 Å². The van der Waals surface area contributed by atoms with E-state index in [0.29, 0.717) is 31.7 Å². The average molecular weight is 441 g/mol. The van der Waals surface area contributed by atoms with Crippen LogP contribution >= 0.6 is 0 Å². The predicted octanol–water partition coefficient (Wildman–Crippen LogP) is 4.74. The van der Waals surface area contributed by atoms with Crippen molar-refractivity contribution in [3.63, 3.8) is 0 Å². The lowest BCUT2D eigenvalue weighted by atomic mass is 9.85. The third-order valence-electron chi connectivity index (χ3n) is 5.73. The average Bonchev–Trinajstić information content (AvgIpc) is 2.77. The smallest absolute Gasteiger partial charge is 0.260 e. The van der Waals surface area contributed by atoms with Gasteiger partial charge >= 0.3 is 0 Å². The lowest BCUT2D eigenvalue weighted by Crippen LogP contribution is -2.45. The zero-order valence-electron chi connectivity index (χ0n) is 19.1. The van der Waals surface area contributed by atoms with Crippen LogP contribution in [0.15, 0.2) is 54.6 Å². The van der Waals surface area contributed by atoms with Gasteiger partial charge in [-0.2, -0.15) is 0 Å². The molecule has 0 aromatic heterocycles. The number of nitrogens with one attached hydrogen (secondary N) is 1. The zero-order chi connectivity index (χ0) is 23.1. The molecule has 1 atom stereocenters. The first-order chi connectivity index (χ1) is 15.2. The van der Waals surface area contributed by atoms with Crippen LogP contribution in [0.1, 0.15) is 51.6 Å². The SMILES string of the molecule is CC(C)(C)CC(NC(=O)C1CCN(C(=O)COc2ccccc2)CC1)c1ccc(F)cc1. The van der Waals surface area contributed by atoms with Gasteiger partial charge in [-0.05, 0) is 54.5 Å². The summed E-state index contributed by atoms with van der Waals surface area (Å²) in [7, 11) is 0. The highest BCUT2D eigenvalue weighted by molar-refractivity contribution is 5.81. The quantitative estimate of drug-likeness (QED) is 0.677. The standard InChI is InChI=1S/C26H33FN2O3/c1-26(2,3)17-23(19-9-11-21(27)12-10-19)28-25(31)20-13-15-29(16-14-20)24(30)18-32-22-7-5-4-6-8-22/h4-12,20,23H,13-18H2,1-3H3,(H,28,31). The van der Waals surface area contributed by atoms with Gasteiger partial charge in [0.05, 0.1) is 6.04 Å². The summed E-state index contributed by atoms with van der Waals surface area (Å²) >= 11 is 0. The van der Waals surface area contributed by atoms with Gasteiger partial charge in [0.1, 0.15) is 11.6 Å². The van der Waals surface area contributed by atoms with Gasteiger partial charge in [-0.25, -0.2) is 4.39 Å². The molecule has 0 saturated carbocycles. The molecule has 1 saturated heterocycles. The number of benzene rings is 2. The molecule has 0 spiro atoms. The molecule has 2 aromatic rings.